The van der Waals surface area contributed by atoms with E-state index in [-0.39, 0.29) is 34.6 Å². The van der Waals surface area contributed by atoms with E-state index in [9.17, 15) is 27.6 Å². The lowest BCUT2D eigenvalue weighted by atomic mass is 10.1. The lowest BCUT2D eigenvalue weighted by Crippen LogP contribution is -2.48. The van der Waals surface area contributed by atoms with Gasteiger partial charge in [0.1, 0.15) is 6.04 Å². The van der Waals surface area contributed by atoms with Crippen molar-refractivity contribution < 1.29 is 27.6 Å². The van der Waals surface area contributed by atoms with Crippen molar-refractivity contribution in [3.8, 4) is 5.69 Å². The topological polar surface area (TPSA) is 84.3 Å². The van der Waals surface area contributed by atoms with Crippen molar-refractivity contribution in [2.24, 2.45) is 0 Å². The molecule has 1 aromatic heterocycles. The van der Waals surface area contributed by atoms with Crippen LogP contribution in [0.5, 0.6) is 0 Å². The number of halogens is 3. The number of ketones is 1. The number of benzene rings is 1. The number of nitrogens with zero attached hydrogens (tertiary/aromatic N) is 3. The van der Waals surface area contributed by atoms with E-state index in [1.54, 1.807) is 0 Å². The van der Waals surface area contributed by atoms with Gasteiger partial charge < -0.3 is 10.2 Å². The summed E-state index contributed by atoms with van der Waals surface area (Å²) in [6.45, 7) is 3.36. The minimum absolute atomic E-state index is 0.0423. The molecule has 2 aromatic rings. The minimum Gasteiger partial charge on any atom is -0.352 e. The number of hydrogen-bond acceptors (Lipinski definition) is 4. The first-order valence-corrected chi connectivity index (χ1v) is 10.5. The minimum atomic E-state index is -4.52. The summed E-state index contributed by atoms with van der Waals surface area (Å²) in [7, 11) is 0. The quantitative estimate of drug-likeness (QED) is 0.563. The number of aromatic nitrogens is 2. The SMILES string of the molecule is Cc1nn(-c2cccc(C(F)(F)F)c2)c(C)c1C(=O)C(=O)N1CCCC1C(=O)NC1CC1. The molecule has 1 saturated heterocycles. The van der Waals surface area contributed by atoms with E-state index in [1.807, 2.05) is 0 Å². The number of carbonyl (C=O) groups excluding carboxylic acids is 3. The Kier molecular flexibility index (Phi) is 5.56. The van der Waals surface area contributed by atoms with Crippen LogP contribution in [0.1, 0.15) is 53.0 Å². The zero-order valence-corrected chi connectivity index (χ0v) is 17.7. The summed E-state index contributed by atoms with van der Waals surface area (Å²) in [6, 6.07) is 4.05. The Morgan fingerprint density at radius 3 is 2.50 bits per heavy atom. The van der Waals surface area contributed by atoms with Gasteiger partial charge in [0.2, 0.25) is 5.91 Å². The molecular weight excluding hydrogens is 425 g/mol. The summed E-state index contributed by atoms with van der Waals surface area (Å²) in [5, 5.41) is 7.09. The Balaban J connectivity index is 1.60. The van der Waals surface area contributed by atoms with Crippen LogP contribution >= 0.6 is 0 Å². The van der Waals surface area contributed by atoms with E-state index in [2.05, 4.69) is 10.4 Å². The number of carbonyl (C=O) groups is 3. The van der Waals surface area contributed by atoms with Crippen molar-refractivity contribution in [3.63, 3.8) is 0 Å². The summed E-state index contributed by atoms with van der Waals surface area (Å²) in [5.41, 5.74) is -0.168. The molecule has 0 radical (unpaired) electrons. The molecule has 1 aliphatic carbocycles. The number of likely N-dealkylation sites (tertiary alicyclic amines) is 1. The van der Waals surface area contributed by atoms with Crippen LogP contribution < -0.4 is 5.32 Å². The van der Waals surface area contributed by atoms with Crippen molar-refractivity contribution in [1.29, 1.82) is 0 Å². The van der Waals surface area contributed by atoms with E-state index < -0.39 is 29.5 Å². The largest absolute Gasteiger partial charge is 0.416 e. The maximum atomic E-state index is 13.1. The van der Waals surface area contributed by atoms with Crippen LogP contribution in [0, 0.1) is 13.8 Å². The fourth-order valence-corrected chi connectivity index (χ4v) is 4.08. The zero-order chi connectivity index (χ0) is 23.2. The van der Waals surface area contributed by atoms with Crippen LogP contribution in [0.15, 0.2) is 24.3 Å². The molecule has 1 N–H and O–H groups in total. The molecule has 32 heavy (non-hydrogen) atoms. The normalized spacial score (nSPS) is 18.7. The molecule has 1 unspecified atom stereocenters. The molecule has 2 amide bonds. The molecule has 0 spiro atoms. The van der Waals surface area contributed by atoms with Gasteiger partial charge in [0.25, 0.3) is 11.7 Å². The predicted molar refractivity (Wildman–Crippen MR) is 108 cm³/mol. The van der Waals surface area contributed by atoms with E-state index >= 15 is 0 Å². The van der Waals surface area contributed by atoms with Crippen molar-refractivity contribution in [3.05, 3.63) is 46.8 Å². The monoisotopic (exact) mass is 448 g/mol. The number of amides is 2. The van der Waals surface area contributed by atoms with Gasteiger partial charge in [-0.15, -0.1) is 0 Å². The predicted octanol–water partition coefficient (Wildman–Crippen LogP) is 2.96. The van der Waals surface area contributed by atoms with Crippen molar-refractivity contribution in [2.45, 2.75) is 57.8 Å². The van der Waals surface area contributed by atoms with Crippen LogP contribution in [0.4, 0.5) is 13.2 Å². The summed E-state index contributed by atoms with van der Waals surface area (Å²) < 4.78 is 40.5. The second kappa shape index (κ2) is 8.07. The molecular formula is C22H23F3N4O3. The van der Waals surface area contributed by atoms with E-state index in [1.165, 1.54) is 35.6 Å². The Labute approximate surface area is 182 Å². The van der Waals surface area contributed by atoms with Gasteiger partial charge in [-0.2, -0.15) is 18.3 Å². The first kappa shape index (κ1) is 22.0. The molecule has 170 valence electrons. The van der Waals surface area contributed by atoms with Gasteiger partial charge >= 0.3 is 6.18 Å². The van der Waals surface area contributed by atoms with Crippen LogP contribution in [-0.2, 0) is 15.8 Å². The van der Waals surface area contributed by atoms with E-state index in [0.29, 0.717) is 19.4 Å². The van der Waals surface area contributed by atoms with Gasteiger partial charge in [0, 0.05) is 12.6 Å². The highest BCUT2D eigenvalue weighted by molar-refractivity contribution is 6.43. The fraction of sp³-hybridized carbons (Fsp3) is 0.455. The Bertz CT molecular complexity index is 1090. The number of hydrogen-bond donors (Lipinski definition) is 1. The molecule has 10 heteroatoms. The zero-order valence-electron chi connectivity index (χ0n) is 17.7. The van der Waals surface area contributed by atoms with Crippen LogP contribution in [0.2, 0.25) is 0 Å². The Morgan fingerprint density at radius 2 is 1.84 bits per heavy atom. The van der Waals surface area contributed by atoms with Crippen LogP contribution in [-0.4, -0.2) is 50.9 Å². The molecule has 2 fully saturated rings. The summed E-state index contributed by atoms with van der Waals surface area (Å²) in [5.74, 6) is -1.86. The lowest BCUT2D eigenvalue weighted by molar-refractivity contribution is -0.137. The number of rotatable bonds is 5. The molecule has 2 heterocycles. The summed E-state index contributed by atoms with van der Waals surface area (Å²) in [6.07, 6.45) is -1.59. The van der Waals surface area contributed by atoms with Crippen LogP contribution in [0.3, 0.4) is 0 Å². The first-order valence-electron chi connectivity index (χ1n) is 10.5. The smallest absolute Gasteiger partial charge is 0.352 e. The van der Waals surface area contributed by atoms with Crippen LogP contribution in [0.25, 0.3) is 5.69 Å². The maximum Gasteiger partial charge on any atom is 0.416 e. The van der Waals surface area contributed by atoms with E-state index in [4.69, 9.17) is 0 Å². The highest BCUT2D eigenvalue weighted by atomic mass is 19.4. The van der Waals surface area contributed by atoms with Gasteiger partial charge in [-0.25, -0.2) is 4.68 Å². The summed E-state index contributed by atoms with van der Waals surface area (Å²) in [4.78, 5) is 39.9. The Morgan fingerprint density at radius 1 is 1.12 bits per heavy atom. The lowest BCUT2D eigenvalue weighted by Gasteiger charge is -2.23. The third-order valence-electron chi connectivity index (χ3n) is 5.87. The van der Waals surface area contributed by atoms with Gasteiger partial charge in [-0.1, -0.05) is 6.07 Å². The average Bonchev–Trinajstić information content (AvgIpc) is 3.31. The second-order valence-corrected chi connectivity index (χ2v) is 8.27. The molecule has 0 bridgehead atoms. The highest BCUT2D eigenvalue weighted by Crippen LogP contribution is 2.31. The number of aryl methyl sites for hydroxylation is 1. The van der Waals surface area contributed by atoms with Gasteiger partial charge in [-0.3, -0.25) is 14.4 Å². The van der Waals surface area contributed by atoms with Crippen molar-refractivity contribution in [1.82, 2.24) is 20.0 Å². The first-order chi connectivity index (χ1) is 15.1. The average molecular weight is 448 g/mol. The van der Waals surface area contributed by atoms with Gasteiger partial charge in [0.15, 0.2) is 0 Å². The van der Waals surface area contributed by atoms with Gasteiger partial charge in [-0.05, 0) is 57.7 Å². The van der Waals surface area contributed by atoms with Gasteiger partial charge in [0.05, 0.1) is 28.2 Å². The molecule has 4 rings (SSSR count). The third-order valence-corrected chi connectivity index (χ3v) is 5.87. The summed E-state index contributed by atoms with van der Waals surface area (Å²) >= 11 is 0. The third kappa shape index (κ3) is 4.13. The number of alkyl halides is 3. The molecule has 2 aliphatic rings. The second-order valence-electron chi connectivity index (χ2n) is 8.27. The van der Waals surface area contributed by atoms with Crippen molar-refractivity contribution >= 4 is 17.6 Å². The molecule has 1 aliphatic heterocycles. The molecule has 1 saturated carbocycles. The maximum absolute atomic E-state index is 13.1. The van der Waals surface area contributed by atoms with Crippen molar-refractivity contribution in [2.75, 3.05) is 6.54 Å². The molecule has 1 aromatic carbocycles. The number of nitrogens with one attached hydrogen (secondary N) is 1. The Hall–Kier alpha value is -3.17. The standard InChI is InChI=1S/C22H23F3N4O3/c1-12-18(13(2)29(27-12)16-6-3-5-14(11-16)22(23,24)25)19(30)21(32)28-10-4-7-17(28)20(31)26-15-8-9-15/h3,5-6,11,15,17H,4,7-10H2,1-2H3,(H,26,31). The molecule has 1 atom stereocenters. The molecule has 7 nitrogen and oxygen atoms in total. The number of Topliss-reactive ketones (excluding diaryl/α,β-unsaturated/α-hetero) is 1. The fourth-order valence-electron chi connectivity index (χ4n) is 4.08. The van der Waals surface area contributed by atoms with E-state index in [0.717, 1.165) is 25.0 Å². The highest BCUT2D eigenvalue weighted by Gasteiger charge is 2.40.